The number of carbonyl (C=O) groups is 1. The second-order valence-corrected chi connectivity index (χ2v) is 6.75. The molecule has 1 rings (SSSR count). The normalized spacial score (nSPS) is 13.0. The van der Waals surface area contributed by atoms with E-state index >= 15 is 0 Å². The molecule has 148 valence electrons. The van der Waals surface area contributed by atoms with Gasteiger partial charge in [0, 0.05) is 12.8 Å². The maximum absolute atomic E-state index is 12.8. The number of aromatic nitrogens is 2. The molecule has 1 aromatic rings. The molecule has 0 aromatic carbocycles. The molecule has 0 fully saturated rings. The first-order valence-corrected chi connectivity index (χ1v) is 8.45. The van der Waals surface area contributed by atoms with Gasteiger partial charge in [0.15, 0.2) is 5.78 Å². The summed E-state index contributed by atoms with van der Waals surface area (Å²) in [7, 11) is -4.01. The predicted octanol–water partition coefficient (Wildman–Crippen LogP) is 1.81. The van der Waals surface area contributed by atoms with Gasteiger partial charge in [-0.3, -0.25) is 13.5 Å². The number of nitro groups is 1. The smallest absolute Gasteiger partial charge is 0.358 e. The summed E-state index contributed by atoms with van der Waals surface area (Å²) in [6.45, 7) is -1.70. The molecule has 9 nitrogen and oxygen atoms in total. The van der Waals surface area contributed by atoms with Crippen molar-refractivity contribution >= 4 is 21.7 Å². The molecule has 15 heteroatoms. The Morgan fingerprint density at radius 1 is 1.35 bits per heavy atom. The number of alkyl halides is 5. The third-order valence-corrected chi connectivity index (χ3v) is 3.53. The van der Waals surface area contributed by atoms with E-state index in [2.05, 4.69) is 9.17 Å². The summed E-state index contributed by atoms with van der Waals surface area (Å²) < 4.78 is 88.8. The van der Waals surface area contributed by atoms with Crippen LogP contribution in [0.15, 0.2) is 6.33 Å². The lowest BCUT2D eigenvalue weighted by atomic mass is 10.1. The molecule has 1 heterocycles. The van der Waals surface area contributed by atoms with Crippen molar-refractivity contribution in [2.75, 3.05) is 6.26 Å². The maximum Gasteiger partial charge on any atom is 0.453 e. The van der Waals surface area contributed by atoms with E-state index in [1.54, 1.807) is 0 Å². The summed E-state index contributed by atoms with van der Waals surface area (Å²) in [6, 6.07) is 0. The fourth-order valence-electron chi connectivity index (χ4n) is 1.70. The Balaban J connectivity index is 2.89. The van der Waals surface area contributed by atoms with Crippen LogP contribution in [0.2, 0.25) is 0 Å². The molecule has 0 bridgehead atoms. The molecule has 0 saturated heterocycles. The van der Waals surface area contributed by atoms with Crippen LogP contribution in [0.4, 0.5) is 27.8 Å². The van der Waals surface area contributed by atoms with Crippen molar-refractivity contribution in [1.29, 1.82) is 0 Å². The van der Waals surface area contributed by atoms with Crippen molar-refractivity contribution < 1.29 is 44.3 Å². The first kappa shape index (κ1) is 21.9. The van der Waals surface area contributed by atoms with Gasteiger partial charge in [0.05, 0.1) is 12.8 Å². The van der Waals surface area contributed by atoms with Crippen LogP contribution >= 0.6 is 0 Å². The van der Waals surface area contributed by atoms with E-state index in [-0.39, 0.29) is 0 Å². The standard InChI is InChI=1S/C11H12F5N3O6S/c1-26(23,24)25-5-8-9(19(21)22)17-6-18(8)4-7(20)2-3-10(12,13)11(14,15)16/h6H,2-5H2,1H3. The van der Waals surface area contributed by atoms with Crippen LogP contribution in [0, 0.1) is 10.1 Å². The van der Waals surface area contributed by atoms with Crippen molar-refractivity contribution in [2.45, 2.75) is 38.1 Å². The SMILES string of the molecule is CS(=O)(=O)OCc1c([N+](=O)[O-])ncn1CC(=O)CCC(F)(F)C(F)(F)F. The highest BCUT2D eigenvalue weighted by Crippen LogP contribution is 2.38. The van der Waals surface area contributed by atoms with Crippen LogP contribution in [0.3, 0.4) is 0 Å². The minimum Gasteiger partial charge on any atom is -0.358 e. The zero-order valence-corrected chi connectivity index (χ0v) is 13.8. The average Bonchev–Trinajstić information content (AvgIpc) is 2.84. The van der Waals surface area contributed by atoms with Crippen LogP contribution in [0.1, 0.15) is 18.5 Å². The number of carbonyl (C=O) groups excluding carboxylic acids is 1. The van der Waals surface area contributed by atoms with Gasteiger partial charge in [-0.05, 0) is 9.91 Å². The highest BCUT2D eigenvalue weighted by molar-refractivity contribution is 7.85. The molecular formula is C11H12F5N3O6S. The lowest BCUT2D eigenvalue weighted by Gasteiger charge is -2.18. The first-order valence-electron chi connectivity index (χ1n) is 6.63. The van der Waals surface area contributed by atoms with Crippen molar-refractivity contribution in [3.8, 4) is 0 Å². The predicted molar refractivity (Wildman–Crippen MR) is 73.8 cm³/mol. The van der Waals surface area contributed by atoms with Gasteiger partial charge in [-0.1, -0.05) is 0 Å². The average molecular weight is 409 g/mol. The molecule has 1 aromatic heterocycles. The van der Waals surface area contributed by atoms with Gasteiger partial charge in [0.2, 0.25) is 6.33 Å². The second-order valence-electron chi connectivity index (χ2n) is 5.11. The lowest BCUT2D eigenvalue weighted by Crippen LogP contribution is -2.36. The van der Waals surface area contributed by atoms with Crippen LogP contribution < -0.4 is 0 Å². The minimum absolute atomic E-state index is 0.462. The zero-order chi connectivity index (χ0) is 20.3. The maximum atomic E-state index is 12.8. The number of ketones is 1. The van der Waals surface area contributed by atoms with Crippen molar-refractivity contribution in [2.24, 2.45) is 0 Å². The molecular weight excluding hydrogens is 397 g/mol. The third kappa shape index (κ3) is 5.98. The van der Waals surface area contributed by atoms with E-state index in [0.29, 0.717) is 6.26 Å². The Labute approximate surface area is 143 Å². The van der Waals surface area contributed by atoms with Gasteiger partial charge in [-0.2, -0.15) is 30.4 Å². The van der Waals surface area contributed by atoms with Crippen LogP contribution in [0.25, 0.3) is 0 Å². The number of Topliss-reactive ketones (excluding diaryl/α,β-unsaturated/α-hetero) is 1. The summed E-state index contributed by atoms with van der Waals surface area (Å²) in [5, 5.41) is 10.8. The van der Waals surface area contributed by atoms with Crippen molar-refractivity contribution in [3.05, 3.63) is 22.1 Å². The first-order chi connectivity index (χ1) is 11.6. The number of rotatable bonds is 9. The van der Waals surface area contributed by atoms with Gasteiger partial charge in [-0.25, -0.2) is 0 Å². The zero-order valence-electron chi connectivity index (χ0n) is 13.0. The van der Waals surface area contributed by atoms with E-state index < -0.39 is 70.4 Å². The van der Waals surface area contributed by atoms with Gasteiger partial charge in [0.1, 0.15) is 12.3 Å². The molecule has 0 aliphatic rings. The highest BCUT2D eigenvalue weighted by atomic mass is 32.2. The van der Waals surface area contributed by atoms with E-state index in [4.69, 9.17) is 0 Å². The van der Waals surface area contributed by atoms with E-state index in [9.17, 15) is 45.3 Å². The molecule has 0 spiro atoms. The van der Waals surface area contributed by atoms with Gasteiger partial charge >= 0.3 is 17.9 Å². The molecule has 0 aliphatic carbocycles. The van der Waals surface area contributed by atoms with Crippen LogP contribution in [-0.4, -0.2) is 47.0 Å². The molecule has 0 amide bonds. The van der Waals surface area contributed by atoms with Crippen LogP contribution in [-0.2, 0) is 32.2 Å². The Kier molecular flexibility index (Phi) is 6.40. The molecule has 0 unspecified atom stereocenters. The number of nitrogens with zero attached hydrogens (tertiary/aromatic N) is 3. The van der Waals surface area contributed by atoms with Gasteiger partial charge in [-0.15, -0.1) is 0 Å². The Morgan fingerprint density at radius 3 is 2.38 bits per heavy atom. The number of halogens is 5. The quantitative estimate of drug-likeness (QED) is 0.264. The Morgan fingerprint density at radius 2 is 1.92 bits per heavy atom. The lowest BCUT2D eigenvalue weighted by molar-refractivity contribution is -0.390. The topological polar surface area (TPSA) is 121 Å². The Hall–Kier alpha value is -2.16. The van der Waals surface area contributed by atoms with E-state index in [1.165, 1.54) is 0 Å². The Bertz CT molecular complexity index is 789. The molecule has 0 saturated carbocycles. The van der Waals surface area contributed by atoms with E-state index in [1.807, 2.05) is 0 Å². The fourth-order valence-corrected chi connectivity index (χ4v) is 2.03. The monoisotopic (exact) mass is 409 g/mol. The van der Waals surface area contributed by atoms with Crippen LogP contribution in [0.5, 0.6) is 0 Å². The number of hydrogen-bond acceptors (Lipinski definition) is 7. The summed E-state index contributed by atoms with van der Waals surface area (Å²) in [4.78, 5) is 24.8. The van der Waals surface area contributed by atoms with E-state index in [0.717, 1.165) is 10.9 Å². The summed E-state index contributed by atoms with van der Waals surface area (Å²) in [5.74, 6) is -7.00. The molecule has 0 N–H and O–H groups in total. The molecule has 0 atom stereocenters. The largest absolute Gasteiger partial charge is 0.453 e. The number of imidazole rings is 1. The van der Waals surface area contributed by atoms with Gasteiger partial charge in [0.25, 0.3) is 10.1 Å². The summed E-state index contributed by atoms with van der Waals surface area (Å²) in [6.07, 6.45) is -7.36. The molecule has 26 heavy (non-hydrogen) atoms. The van der Waals surface area contributed by atoms with Crippen molar-refractivity contribution in [1.82, 2.24) is 9.55 Å². The molecule has 0 aliphatic heterocycles. The third-order valence-electron chi connectivity index (χ3n) is 2.99. The summed E-state index contributed by atoms with van der Waals surface area (Å²) >= 11 is 0. The summed E-state index contributed by atoms with van der Waals surface area (Å²) in [5.41, 5.74) is -0.462. The fraction of sp³-hybridized carbons (Fsp3) is 0.636. The minimum atomic E-state index is -5.81. The molecule has 0 radical (unpaired) electrons. The van der Waals surface area contributed by atoms with Gasteiger partial charge < -0.3 is 10.1 Å². The number of hydrogen-bond donors (Lipinski definition) is 0. The second kappa shape index (κ2) is 7.61. The highest BCUT2D eigenvalue weighted by Gasteiger charge is 2.56. The van der Waals surface area contributed by atoms with Crippen molar-refractivity contribution in [3.63, 3.8) is 0 Å².